The van der Waals surface area contributed by atoms with Crippen molar-refractivity contribution in [1.29, 1.82) is 0 Å². The molecule has 5 nitrogen and oxygen atoms in total. The minimum atomic E-state index is -3.72. The molecule has 2 aromatic carbocycles. The third-order valence-corrected chi connectivity index (χ3v) is 7.50. The van der Waals surface area contributed by atoms with Crippen LogP contribution in [0.5, 0.6) is 0 Å². The van der Waals surface area contributed by atoms with Crippen molar-refractivity contribution in [2.24, 2.45) is 0 Å². The highest BCUT2D eigenvalue weighted by Crippen LogP contribution is 2.61. The second-order valence-corrected chi connectivity index (χ2v) is 9.37. The Hall–Kier alpha value is -1.94. The molecule has 0 aromatic heterocycles. The lowest BCUT2D eigenvalue weighted by molar-refractivity contribution is -0.124. The molecule has 0 bridgehead atoms. The van der Waals surface area contributed by atoms with Gasteiger partial charge in [-0.1, -0.05) is 60.7 Å². The molecule has 0 saturated carbocycles. The molecule has 0 radical (unpaired) electrons. The molecule has 0 aliphatic rings. The van der Waals surface area contributed by atoms with Gasteiger partial charge in [-0.05, 0) is 45.2 Å². The van der Waals surface area contributed by atoms with Crippen LogP contribution in [0.25, 0.3) is 0 Å². The van der Waals surface area contributed by atoms with Crippen molar-refractivity contribution < 1.29 is 18.4 Å². The number of hydrogen-bond donors (Lipinski definition) is 1. The molecule has 0 saturated heterocycles. The van der Waals surface area contributed by atoms with Crippen molar-refractivity contribution in [2.45, 2.75) is 45.3 Å². The minimum absolute atomic E-state index is 0.198. The average molecular weight is 403 g/mol. The van der Waals surface area contributed by atoms with Crippen LogP contribution >= 0.6 is 7.60 Å². The van der Waals surface area contributed by atoms with E-state index in [9.17, 15) is 9.36 Å². The first-order valence-corrected chi connectivity index (χ1v) is 11.2. The van der Waals surface area contributed by atoms with Gasteiger partial charge in [-0.15, -0.1) is 0 Å². The highest BCUT2D eigenvalue weighted by Gasteiger charge is 2.53. The number of carbonyl (C=O) groups excluding carboxylic acids is 1. The Bertz CT molecular complexity index is 787. The molecule has 0 unspecified atom stereocenters. The molecule has 152 valence electrons. The summed E-state index contributed by atoms with van der Waals surface area (Å²) in [6, 6.07) is 19.0. The highest BCUT2D eigenvalue weighted by atomic mass is 31.2. The van der Waals surface area contributed by atoms with E-state index in [0.717, 1.165) is 11.1 Å². The zero-order valence-corrected chi connectivity index (χ0v) is 17.9. The zero-order chi connectivity index (χ0) is 20.6. The maximum absolute atomic E-state index is 13.7. The summed E-state index contributed by atoms with van der Waals surface area (Å²) in [5, 5.41) is 1.65. The summed E-state index contributed by atoms with van der Waals surface area (Å²) in [5.41, 5.74) is 1.87. The summed E-state index contributed by atoms with van der Waals surface area (Å²) >= 11 is 0. The topological polar surface area (TPSA) is 64.6 Å². The van der Waals surface area contributed by atoms with Gasteiger partial charge >= 0.3 is 7.60 Å². The van der Waals surface area contributed by atoms with Crippen LogP contribution in [0.4, 0.5) is 0 Å². The van der Waals surface area contributed by atoms with E-state index < -0.39 is 12.8 Å². The van der Waals surface area contributed by atoms with Gasteiger partial charge in [0.2, 0.25) is 5.91 Å². The lowest BCUT2D eigenvalue weighted by Gasteiger charge is -2.35. The number of nitrogens with one attached hydrogen (secondary N) is 1. The van der Waals surface area contributed by atoms with Crippen molar-refractivity contribution in [1.82, 2.24) is 5.32 Å². The van der Waals surface area contributed by atoms with E-state index >= 15 is 0 Å². The third-order valence-electron chi connectivity index (χ3n) is 4.73. The van der Waals surface area contributed by atoms with Crippen molar-refractivity contribution in [3.63, 3.8) is 0 Å². The summed E-state index contributed by atoms with van der Waals surface area (Å²) in [6.45, 7) is 7.46. The molecule has 2 aromatic rings. The largest absolute Gasteiger partial charge is 0.349 e. The number of amides is 1. The SMILES string of the molecule is CCOP(=O)(OCC)[C@@](C)(Cc1ccccc1)C(=O)N[C@@H](C)c1ccccc1. The molecule has 0 aliphatic carbocycles. The van der Waals surface area contributed by atoms with Crippen LogP contribution in [-0.2, 0) is 24.8 Å². The lowest BCUT2D eigenvalue weighted by atomic mass is 9.98. The third kappa shape index (κ3) is 5.11. The monoisotopic (exact) mass is 403 g/mol. The standard InChI is InChI=1S/C22H30NO4P/c1-5-26-28(25,27-6-2)22(4,17-19-13-9-7-10-14-19)21(24)23-18(3)20-15-11-8-12-16-20/h7-16,18H,5-6,17H2,1-4H3,(H,23,24)/t18-,22-/m0/s1. The second-order valence-electron chi connectivity index (χ2n) is 6.88. The number of rotatable bonds is 10. The fraction of sp³-hybridized carbons (Fsp3) is 0.409. The normalized spacial score (nSPS) is 14.9. The Morgan fingerprint density at radius 1 is 1.00 bits per heavy atom. The van der Waals surface area contributed by atoms with Crippen LogP contribution in [0, 0.1) is 0 Å². The van der Waals surface area contributed by atoms with E-state index in [1.807, 2.05) is 67.6 Å². The molecular formula is C22H30NO4P. The van der Waals surface area contributed by atoms with Crippen molar-refractivity contribution in [3.8, 4) is 0 Å². The van der Waals surface area contributed by atoms with E-state index in [0.29, 0.717) is 0 Å². The predicted octanol–water partition coefficient (Wildman–Crippen LogP) is 5.13. The Labute approximate surface area is 168 Å². The average Bonchev–Trinajstić information content (AvgIpc) is 2.69. The van der Waals surface area contributed by atoms with E-state index in [1.54, 1.807) is 20.8 Å². The van der Waals surface area contributed by atoms with Gasteiger partial charge in [0.1, 0.15) is 0 Å². The molecule has 1 amide bonds. The molecule has 2 rings (SSSR count). The summed E-state index contributed by atoms with van der Waals surface area (Å²) in [7, 11) is -3.72. The zero-order valence-electron chi connectivity index (χ0n) is 17.1. The smallest absolute Gasteiger partial charge is 0.346 e. The predicted molar refractivity (Wildman–Crippen MR) is 112 cm³/mol. The first kappa shape index (κ1) is 22.4. The molecule has 0 aliphatic heterocycles. The minimum Gasteiger partial charge on any atom is -0.349 e. The summed E-state index contributed by atoms with van der Waals surface area (Å²) < 4.78 is 24.9. The first-order chi connectivity index (χ1) is 13.4. The molecule has 0 heterocycles. The van der Waals surface area contributed by atoms with E-state index in [4.69, 9.17) is 9.05 Å². The fourth-order valence-electron chi connectivity index (χ4n) is 3.13. The van der Waals surface area contributed by atoms with Crippen LogP contribution in [0.15, 0.2) is 60.7 Å². The summed E-state index contributed by atoms with van der Waals surface area (Å²) in [4.78, 5) is 13.4. The van der Waals surface area contributed by atoms with Crippen LogP contribution in [0.1, 0.15) is 44.9 Å². The van der Waals surface area contributed by atoms with Gasteiger partial charge in [-0.25, -0.2) is 0 Å². The van der Waals surface area contributed by atoms with Gasteiger partial charge < -0.3 is 14.4 Å². The van der Waals surface area contributed by atoms with Gasteiger partial charge in [-0.2, -0.15) is 0 Å². The Morgan fingerprint density at radius 3 is 2.00 bits per heavy atom. The van der Waals surface area contributed by atoms with Gasteiger partial charge in [0.05, 0.1) is 19.3 Å². The van der Waals surface area contributed by atoms with Gasteiger partial charge in [-0.3, -0.25) is 9.36 Å². The van der Waals surface area contributed by atoms with E-state index in [1.165, 1.54) is 0 Å². The number of benzene rings is 2. The van der Waals surface area contributed by atoms with Crippen molar-refractivity contribution >= 4 is 13.5 Å². The van der Waals surface area contributed by atoms with Gasteiger partial charge in [0.15, 0.2) is 5.16 Å². The summed E-state index contributed by atoms with van der Waals surface area (Å²) in [5.74, 6) is -0.349. The molecule has 0 spiro atoms. The molecule has 1 N–H and O–H groups in total. The maximum Gasteiger partial charge on any atom is 0.346 e. The quantitative estimate of drug-likeness (QED) is 0.559. The second kappa shape index (κ2) is 10.0. The Balaban J connectivity index is 2.38. The van der Waals surface area contributed by atoms with E-state index in [2.05, 4.69) is 5.32 Å². The number of hydrogen-bond acceptors (Lipinski definition) is 4. The lowest BCUT2D eigenvalue weighted by Crippen LogP contribution is -2.47. The van der Waals surface area contributed by atoms with Gasteiger partial charge in [0, 0.05) is 0 Å². The van der Waals surface area contributed by atoms with E-state index in [-0.39, 0.29) is 31.6 Å². The molecule has 28 heavy (non-hydrogen) atoms. The molecular weight excluding hydrogens is 373 g/mol. The Morgan fingerprint density at radius 2 is 1.50 bits per heavy atom. The Kier molecular flexibility index (Phi) is 7.99. The molecule has 6 heteroatoms. The van der Waals surface area contributed by atoms with Crippen LogP contribution < -0.4 is 5.32 Å². The van der Waals surface area contributed by atoms with Gasteiger partial charge in [0.25, 0.3) is 0 Å². The van der Waals surface area contributed by atoms with Crippen LogP contribution in [0.3, 0.4) is 0 Å². The highest BCUT2D eigenvalue weighted by molar-refractivity contribution is 7.56. The maximum atomic E-state index is 13.7. The van der Waals surface area contributed by atoms with Crippen LogP contribution in [0.2, 0.25) is 0 Å². The molecule has 2 atom stereocenters. The fourth-order valence-corrected chi connectivity index (χ4v) is 5.15. The number of carbonyl (C=O) groups is 1. The first-order valence-electron chi connectivity index (χ1n) is 9.65. The summed E-state index contributed by atoms with van der Waals surface area (Å²) in [6.07, 6.45) is 0.248. The van der Waals surface area contributed by atoms with Crippen molar-refractivity contribution in [3.05, 3.63) is 71.8 Å². The van der Waals surface area contributed by atoms with Crippen molar-refractivity contribution in [2.75, 3.05) is 13.2 Å². The molecule has 0 fully saturated rings. The van der Waals surface area contributed by atoms with Crippen LogP contribution in [-0.4, -0.2) is 24.3 Å².